The Morgan fingerprint density at radius 1 is 1.50 bits per heavy atom. The molecule has 0 radical (unpaired) electrons. The molecule has 5 heteroatoms. The molecule has 2 heterocycles. The van der Waals surface area contributed by atoms with Crippen LogP contribution in [0.4, 0.5) is 0 Å². The maximum absolute atomic E-state index is 5.61. The van der Waals surface area contributed by atoms with E-state index in [0.717, 1.165) is 34.3 Å². The summed E-state index contributed by atoms with van der Waals surface area (Å²) in [5.74, 6) is 1.61. The number of halogens is 2. The highest BCUT2D eigenvalue weighted by atomic mass is 79.9. The number of rotatable bonds is 3. The Morgan fingerprint density at radius 2 is 2.36 bits per heavy atom. The van der Waals surface area contributed by atoms with Crippen LogP contribution in [0.25, 0.3) is 11.2 Å². The summed E-state index contributed by atoms with van der Waals surface area (Å²) in [7, 11) is 0. The number of imidazole rings is 1. The van der Waals surface area contributed by atoms with Crippen LogP contribution in [0.15, 0.2) is 16.7 Å². The van der Waals surface area contributed by atoms with E-state index in [2.05, 4.69) is 30.9 Å². The van der Waals surface area contributed by atoms with Crippen molar-refractivity contribution in [1.29, 1.82) is 0 Å². The van der Waals surface area contributed by atoms with Crippen molar-refractivity contribution in [2.75, 3.05) is 5.88 Å². The Kier molecular flexibility index (Phi) is 3.03. The van der Waals surface area contributed by atoms with Crippen molar-refractivity contribution in [2.24, 2.45) is 0 Å². The Labute approximate surface area is 95.0 Å². The van der Waals surface area contributed by atoms with Gasteiger partial charge in [-0.25, -0.2) is 9.97 Å². The normalized spacial score (nSPS) is 11.0. The number of aromatic amines is 1. The first-order valence-corrected chi connectivity index (χ1v) is 5.68. The molecule has 0 amide bonds. The van der Waals surface area contributed by atoms with Crippen LogP contribution in [0, 0.1) is 0 Å². The minimum absolute atomic E-state index is 0.661. The highest BCUT2D eigenvalue weighted by Crippen LogP contribution is 2.15. The summed E-state index contributed by atoms with van der Waals surface area (Å²) in [4.78, 5) is 11.7. The molecular formula is C9H9BrClN3. The largest absolute Gasteiger partial charge is 0.341 e. The maximum Gasteiger partial charge on any atom is 0.177 e. The van der Waals surface area contributed by atoms with Gasteiger partial charge in [-0.2, -0.15) is 0 Å². The first-order valence-electron chi connectivity index (χ1n) is 4.35. The van der Waals surface area contributed by atoms with Gasteiger partial charge in [0.1, 0.15) is 5.82 Å². The maximum atomic E-state index is 5.61. The fourth-order valence-electron chi connectivity index (χ4n) is 1.28. The third-order valence-electron chi connectivity index (χ3n) is 1.90. The van der Waals surface area contributed by atoms with E-state index in [4.69, 9.17) is 11.6 Å². The number of aryl methyl sites for hydroxylation is 1. The molecular weight excluding hydrogens is 265 g/mol. The van der Waals surface area contributed by atoms with Crippen molar-refractivity contribution in [3.8, 4) is 0 Å². The van der Waals surface area contributed by atoms with Crippen LogP contribution in [-0.2, 0) is 6.42 Å². The van der Waals surface area contributed by atoms with Crippen molar-refractivity contribution in [2.45, 2.75) is 12.8 Å². The molecule has 0 unspecified atom stereocenters. The van der Waals surface area contributed by atoms with E-state index in [1.165, 1.54) is 0 Å². The predicted octanol–water partition coefficient (Wildman–Crippen LogP) is 2.89. The summed E-state index contributed by atoms with van der Waals surface area (Å²) >= 11 is 8.97. The van der Waals surface area contributed by atoms with E-state index >= 15 is 0 Å². The second-order valence-electron chi connectivity index (χ2n) is 3.00. The Bertz CT molecular complexity index is 441. The predicted molar refractivity (Wildman–Crippen MR) is 60.6 cm³/mol. The summed E-state index contributed by atoms with van der Waals surface area (Å²) in [5.41, 5.74) is 1.72. The molecule has 0 atom stereocenters. The van der Waals surface area contributed by atoms with Gasteiger partial charge in [-0.15, -0.1) is 11.6 Å². The first kappa shape index (κ1) is 9.93. The van der Waals surface area contributed by atoms with E-state index < -0.39 is 0 Å². The monoisotopic (exact) mass is 273 g/mol. The van der Waals surface area contributed by atoms with E-state index in [-0.39, 0.29) is 0 Å². The fourth-order valence-corrected chi connectivity index (χ4v) is 1.74. The second-order valence-corrected chi connectivity index (χ2v) is 4.29. The van der Waals surface area contributed by atoms with Gasteiger partial charge in [0.2, 0.25) is 0 Å². The molecule has 0 aromatic carbocycles. The number of nitrogens with zero attached hydrogens (tertiary/aromatic N) is 2. The third-order valence-corrected chi connectivity index (χ3v) is 2.60. The fraction of sp³-hybridized carbons (Fsp3) is 0.333. The van der Waals surface area contributed by atoms with Gasteiger partial charge in [-0.05, 0) is 28.4 Å². The van der Waals surface area contributed by atoms with Crippen molar-refractivity contribution in [3.63, 3.8) is 0 Å². The highest BCUT2D eigenvalue weighted by molar-refractivity contribution is 9.10. The summed E-state index contributed by atoms with van der Waals surface area (Å²) in [6.07, 6.45) is 3.55. The first-order chi connectivity index (χ1) is 6.79. The molecule has 0 bridgehead atoms. The highest BCUT2D eigenvalue weighted by Gasteiger charge is 2.03. The summed E-state index contributed by atoms with van der Waals surface area (Å²) in [6.45, 7) is 0. The van der Waals surface area contributed by atoms with Crippen LogP contribution in [0.2, 0.25) is 0 Å². The van der Waals surface area contributed by atoms with E-state index in [0.29, 0.717) is 5.88 Å². The average Bonchev–Trinajstić information content (AvgIpc) is 2.56. The van der Waals surface area contributed by atoms with Crippen molar-refractivity contribution >= 4 is 38.7 Å². The molecule has 2 aromatic rings. The SMILES string of the molecule is ClCCCc1nc2ncc(Br)cc2[nH]1. The zero-order chi connectivity index (χ0) is 9.97. The molecule has 0 aliphatic heterocycles. The molecule has 0 aliphatic rings. The lowest BCUT2D eigenvalue weighted by molar-refractivity contribution is 0.866. The summed E-state index contributed by atoms with van der Waals surface area (Å²) < 4.78 is 0.956. The number of fused-ring (bicyclic) bond motifs is 1. The van der Waals surface area contributed by atoms with Gasteiger partial charge >= 0.3 is 0 Å². The number of alkyl halides is 1. The lowest BCUT2D eigenvalue weighted by Gasteiger charge is -1.89. The number of hydrogen-bond donors (Lipinski definition) is 1. The number of pyridine rings is 1. The quantitative estimate of drug-likeness (QED) is 0.875. The number of nitrogens with one attached hydrogen (secondary N) is 1. The van der Waals surface area contributed by atoms with E-state index in [9.17, 15) is 0 Å². The van der Waals surface area contributed by atoms with Crippen LogP contribution in [-0.4, -0.2) is 20.8 Å². The topological polar surface area (TPSA) is 41.6 Å². The Hall–Kier alpha value is -0.610. The third kappa shape index (κ3) is 2.07. The number of aromatic nitrogens is 3. The molecule has 2 rings (SSSR count). The van der Waals surface area contributed by atoms with Crippen molar-refractivity contribution < 1.29 is 0 Å². The molecule has 0 fully saturated rings. The molecule has 14 heavy (non-hydrogen) atoms. The van der Waals surface area contributed by atoms with Crippen LogP contribution in [0.5, 0.6) is 0 Å². The Morgan fingerprint density at radius 3 is 3.14 bits per heavy atom. The molecule has 0 spiro atoms. The van der Waals surface area contributed by atoms with Crippen molar-refractivity contribution in [1.82, 2.24) is 15.0 Å². The van der Waals surface area contributed by atoms with Gasteiger partial charge in [0.15, 0.2) is 5.65 Å². The van der Waals surface area contributed by atoms with Gasteiger partial charge in [0, 0.05) is 23.0 Å². The summed E-state index contributed by atoms with van der Waals surface area (Å²) in [5, 5.41) is 0. The number of hydrogen-bond acceptors (Lipinski definition) is 2. The smallest absolute Gasteiger partial charge is 0.177 e. The second kappa shape index (κ2) is 4.28. The van der Waals surface area contributed by atoms with Gasteiger partial charge in [-0.1, -0.05) is 0 Å². The van der Waals surface area contributed by atoms with Crippen molar-refractivity contribution in [3.05, 3.63) is 22.6 Å². The summed E-state index contributed by atoms with van der Waals surface area (Å²) in [6, 6.07) is 1.97. The lowest BCUT2D eigenvalue weighted by Crippen LogP contribution is -1.88. The van der Waals surface area contributed by atoms with E-state index in [1.54, 1.807) is 6.20 Å². The molecule has 74 valence electrons. The van der Waals surface area contributed by atoms with Gasteiger partial charge in [0.25, 0.3) is 0 Å². The zero-order valence-electron chi connectivity index (χ0n) is 7.43. The minimum atomic E-state index is 0.661. The van der Waals surface area contributed by atoms with E-state index in [1.807, 2.05) is 6.07 Å². The van der Waals surface area contributed by atoms with Crippen LogP contribution in [0.1, 0.15) is 12.2 Å². The zero-order valence-corrected chi connectivity index (χ0v) is 9.77. The van der Waals surface area contributed by atoms with Gasteiger partial charge in [0.05, 0.1) is 5.52 Å². The molecule has 2 aromatic heterocycles. The van der Waals surface area contributed by atoms with Crippen LogP contribution in [0.3, 0.4) is 0 Å². The van der Waals surface area contributed by atoms with Gasteiger partial charge < -0.3 is 4.98 Å². The van der Waals surface area contributed by atoms with Crippen LogP contribution >= 0.6 is 27.5 Å². The van der Waals surface area contributed by atoms with Crippen LogP contribution < -0.4 is 0 Å². The molecule has 3 nitrogen and oxygen atoms in total. The lowest BCUT2D eigenvalue weighted by atomic mass is 10.3. The molecule has 0 saturated carbocycles. The minimum Gasteiger partial charge on any atom is -0.341 e. The average molecular weight is 275 g/mol. The molecule has 1 N–H and O–H groups in total. The molecule has 0 saturated heterocycles. The molecule has 0 aliphatic carbocycles. The standard InChI is InChI=1S/C9H9BrClN3/c10-6-4-7-9(12-5-6)14-8(13-7)2-1-3-11/h4-5H,1-3H2,(H,12,13,14). The Balaban J connectivity index is 2.32. The number of H-pyrrole nitrogens is 1. The van der Waals surface area contributed by atoms with Gasteiger partial charge in [-0.3, -0.25) is 0 Å².